The Morgan fingerprint density at radius 1 is 1.31 bits per heavy atom. The Morgan fingerprint density at radius 2 is 2.00 bits per heavy atom. The van der Waals surface area contributed by atoms with E-state index in [4.69, 9.17) is 0 Å². The number of hydrogen-bond donors (Lipinski definition) is 0. The van der Waals surface area contributed by atoms with E-state index in [0.29, 0.717) is 10.5 Å². The summed E-state index contributed by atoms with van der Waals surface area (Å²) < 4.78 is 38.4. The Morgan fingerprint density at radius 3 is 2.56 bits per heavy atom. The van der Waals surface area contributed by atoms with E-state index in [1.165, 1.54) is 17.4 Å². The summed E-state index contributed by atoms with van der Waals surface area (Å²) in [4.78, 5) is 4.68. The van der Waals surface area contributed by atoms with Gasteiger partial charge in [-0.3, -0.25) is 0 Å². The lowest BCUT2D eigenvalue weighted by atomic mass is 10.1. The first-order valence-electron chi connectivity index (χ1n) is 4.85. The van der Waals surface area contributed by atoms with Gasteiger partial charge in [0, 0.05) is 11.1 Å². The fourth-order valence-corrected chi connectivity index (χ4v) is 2.29. The van der Waals surface area contributed by atoms with E-state index >= 15 is 0 Å². The molecule has 0 atom stereocenters. The number of fused-ring (bicyclic) bond motifs is 1. The van der Waals surface area contributed by atoms with Gasteiger partial charge in [-0.15, -0.1) is 11.3 Å². The number of rotatable bonds is 1. The standard InChI is InChI=1S/C11H10F3NS/c1-6(2)9-5-8(11(12,13)14)7-3-4-16-10(7)15-9/h3-6H,1-2H3. The topological polar surface area (TPSA) is 12.9 Å². The van der Waals surface area contributed by atoms with Gasteiger partial charge < -0.3 is 0 Å². The van der Waals surface area contributed by atoms with Gasteiger partial charge in [-0.2, -0.15) is 13.2 Å². The third-order valence-corrected chi connectivity index (χ3v) is 3.16. The van der Waals surface area contributed by atoms with Crippen LogP contribution in [0, 0.1) is 0 Å². The van der Waals surface area contributed by atoms with Crippen LogP contribution in [0.1, 0.15) is 31.0 Å². The monoisotopic (exact) mass is 245 g/mol. The van der Waals surface area contributed by atoms with Crippen molar-refractivity contribution in [2.24, 2.45) is 0 Å². The van der Waals surface area contributed by atoms with E-state index in [-0.39, 0.29) is 11.3 Å². The first-order chi connectivity index (χ1) is 7.39. The molecular weight excluding hydrogens is 235 g/mol. The predicted octanol–water partition coefficient (Wildman–Crippen LogP) is 4.44. The maximum absolute atomic E-state index is 12.8. The molecule has 0 aliphatic heterocycles. The molecule has 0 radical (unpaired) electrons. The van der Waals surface area contributed by atoms with Crippen molar-refractivity contribution in [2.75, 3.05) is 0 Å². The summed E-state index contributed by atoms with van der Waals surface area (Å²) in [6.45, 7) is 3.67. The molecule has 0 amide bonds. The molecule has 0 aliphatic carbocycles. The minimum Gasteiger partial charge on any atom is -0.242 e. The molecule has 0 spiro atoms. The summed E-state index contributed by atoms with van der Waals surface area (Å²) in [6, 6.07) is 2.62. The second-order valence-electron chi connectivity index (χ2n) is 3.89. The van der Waals surface area contributed by atoms with E-state index in [9.17, 15) is 13.2 Å². The van der Waals surface area contributed by atoms with Gasteiger partial charge in [0.05, 0.1) is 5.56 Å². The summed E-state index contributed by atoms with van der Waals surface area (Å²) in [7, 11) is 0. The molecule has 0 bridgehead atoms. The summed E-state index contributed by atoms with van der Waals surface area (Å²) >= 11 is 1.24. The van der Waals surface area contributed by atoms with Crippen LogP contribution in [0.4, 0.5) is 13.2 Å². The Bertz CT molecular complexity index is 513. The highest BCUT2D eigenvalue weighted by Gasteiger charge is 2.33. The zero-order valence-electron chi connectivity index (χ0n) is 8.80. The number of thiophene rings is 1. The maximum Gasteiger partial charge on any atom is 0.417 e. The second kappa shape index (κ2) is 3.73. The Kier molecular flexibility index (Phi) is 2.66. The van der Waals surface area contributed by atoms with E-state index in [1.54, 1.807) is 5.38 Å². The molecule has 0 fully saturated rings. The summed E-state index contributed by atoms with van der Waals surface area (Å²) in [6.07, 6.45) is -4.31. The molecule has 1 nitrogen and oxygen atoms in total. The van der Waals surface area contributed by atoms with E-state index in [0.717, 1.165) is 6.07 Å². The van der Waals surface area contributed by atoms with Crippen LogP contribution in [0.5, 0.6) is 0 Å². The second-order valence-corrected chi connectivity index (χ2v) is 4.78. The molecule has 2 aromatic heterocycles. The third kappa shape index (κ3) is 1.91. The highest BCUT2D eigenvalue weighted by molar-refractivity contribution is 7.16. The minimum absolute atomic E-state index is 0.00685. The molecule has 5 heteroatoms. The van der Waals surface area contributed by atoms with Gasteiger partial charge in [0.25, 0.3) is 0 Å². The average molecular weight is 245 g/mol. The number of alkyl halides is 3. The normalized spacial score (nSPS) is 12.6. The first kappa shape index (κ1) is 11.4. The van der Waals surface area contributed by atoms with Crippen LogP contribution in [-0.2, 0) is 6.18 Å². The lowest BCUT2D eigenvalue weighted by Gasteiger charge is -2.11. The molecule has 2 rings (SSSR count). The molecule has 0 saturated carbocycles. The Balaban J connectivity index is 2.74. The highest BCUT2D eigenvalue weighted by atomic mass is 32.1. The van der Waals surface area contributed by atoms with Crippen molar-refractivity contribution < 1.29 is 13.2 Å². The average Bonchev–Trinajstić information content (AvgIpc) is 2.61. The van der Waals surface area contributed by atoms with E-state index in [1.807, 2.05) is 13.8 Å². The van der Waals surface area contributed by atoms with Gasteiger partial charge in [0.1, 0.15) is 4.83 Å². The molecule has 0 unspecified atom stereocenters. The fourth-order valence-electron chi connectivity index (χ4n) is 1.50. The fraction of sp³-hybridized carbons (Fsp3) is 0.364. The van der Waals surface area contributed by atoms with Crippen LogP contribution in [0.3, 0.4) is 0 Å². The molecule has 0 N–H and O–H groups in total. The number of hydrogen-bond acceptors (Lipinski definition) is 2. The van der Waals surface area contributed by atoms with Crippen molar-refractivity contribution in [1.29, 1.82) is 0 Å². The van der Waals surface area contributed by atoms with Gasteiger partial charge in [-0.25, -0.2) is 4.98 Å². The number of halogens is 3. The highest BCUT2D eigenvalue weighted by Crippen LogP contribution is 2.37. The molecule has 0 saturated heterocycles. The van der Waals surface area contributed by atoms with Crippen LogP contribution in [0.2, 0.25) is 0 Å². The summed E-state index contributed by atoms with van der Waals surface area (Å²) in [5, 5.41) is 1.83. The van der Waals surface area contributed by atoms with Gasteiger partial charge in [0.2, 0.25) is 0 Å². The van der Waals surface area contributed by atoms with Crippen LogP contribution in [-0.4, -0.2) is 4.98 Å². The quantitative estimate of drug-likeness (QED) is 0.723. The van der Waals surface area contributed by atoms with Gasteiger partial charge >= 0.3 is 6.18 Å². The van der Waals surface area contributed by atoms with Gasteiger partial charge in [-0.05, 0) is 23.4 Å². The lowest BCUT2D eigenvalue weighted by molar-refractivity contribution is -0.136. The SMILES string of the molecule is CC(C)c1cc(C(F)(F)F)c2ccsc2n1. The van der Waals surface area contributed by atoms with Gasteiger partial charge in [0.15, 0.2) is 0 Å². The molecule has 16 heavy (non-hydrogen) atoms. The largest absolute Gasteiger partial charge is 0.417 e. The molecular formula is C11H10F3NS. The number of pyridine rings is 1. The molecule has 0 aliphatic rings. The summed E-state index contributed by atoms with van der Waals surface area (Å²) in [5.74, 6) is -0.00685. The van der Waals surface area contributed by atoms with Crippen molar-refractivity contribution in [3.05, 3.63) is 28.8 Å². The van der Waals surface area contributed by atoms with Gasteiger partial charge in [-0.1, -0.05) is 13.8 Å². The molecule has 2 heterocycles. The number of aromatic nitrogens is 1. The third-order valence-electron chi connectivity index (χ3n) is 2.35. The van der Waals surface area contributed by atoms with Crippen molar-refractivity contribution in [3.8, 4) is 0 Å². The van der Waals surface area contributed by atoms with Crippen molar-refractivity contribution >= 4 is 21.6 Å². The zero-order chi connectivity index (χ0) is 11.9. The zero-order valence-corrected chi connectivity index (χ0v) is 9.62. The van der Waals surface area contributed by atoms with Crippen LogP contribution >= 0.6 is 11.3 Å². The Hall–Kier alpha value is -1.10. The Labute approximate surface area is 94.9 Å². The van der Waals surface area contributed by atoms with Crippen molar-refractivity contribution in [2.45, 2.75) is 25.9 Å². The summed E-state index contributed by atoms with van der Waals surface area (Å²) in [5.41, 5.74) is -0.0928. The molecule has 2 aromatic rings. The minimum atomic E-state index is -4.31. The maximum atomic E-state index is 12.8. The van der Waals surface area contributed by atoms with Crippen LogP contribution in [0.25, 0.3) is 10.2 Å². The first-order valence-corrected chi connectivity index (χ1v) is 5.73. The van der Waals surface area contributed by atoms with Crippen molar-refractivity contribution in [3.63, 3.8) is 0 Å². The van der Waals surface area contributed by atoms with E-state index < -0.39 is 11.7 Å². The smallest absolute Gasteiger partial charge is 0.242 e. The van der Waals surface area contributed by atoms with Crippen LogP contribution < -0.4 is 0 Å². The van der Waals surface area contributed by atoms with Crippen LogP contribution in [0.15, 0.2) is 17.5 Å². The molecule has 0 aromatic carbocycles. The lowest BCUT2D eigenvalue weighted by Crippen LogP contribution is -2.07. The van der Waals surface area contributed by atoms with E-state index in [2.05, 4.69) is 4.98 Å². The molecule has 86 valence electrons. The number of nitrogens with zero attached hydrogens (tertiary/aromatic N) is 1. The predicted molar refractivity (Wildman–Crippen MR) is 58.7 cm³/mol. The van der Waals surface area contributed by atoms with Crippen molar-refractivity contribution in [1.82, 2.24) is 4.98 Å².